The van der Waals surface area contributed by atoms with Crippen molar-refractivity contribution in [3.8, 4) is 0 Å². The summed E-state index contributed by atoms with van der Waals surface area (Å²) in [5.74, 6) is 0.888. The van der Waals surface area contributed by atoms with E-state index in [1.54, 1.807) is 11.8 Å². The van der Waals surface area contributed by atoms with Crippen molar-refractivity contribution in [1.82, 2.24) is 20.2 Å². The first-order valence-electron chi connectivity index (χ1n) is 8.50. The molecule has 0 unspecified atom stereocenters. The molecule has 3 heterocycles. The zero-order chi connectivity index (χ0) is 17.4. The maximum absolute atomic E-state index is 6.22. The Kier molecular flexibility index (Phi) is 4.13. The maximum atomic E-state index is 6.22. The number of benzene rings is 1. The number of hydrogen-bond acceptors (Lipinski definition) is 6. The number of piperidine rings is 1. The topological polar surface area (TPSA) is 83.7 Å². The molecular weight excluding hydrogens is 332 g/mol. The fourth-order valence-corrected chi connectivity index (χ4v) is 3.94. The third kappa shape index (κ3) is 3.34. The number of anilines is 1. The second-order valence-corrected chi connectivity index (χ2v) is 7.99. The van der Waals surface area contributed by atoms with Gasteiger partial charge in [-0.15, -0.1) is 0 Å². The lowest BCUT2D eigenvalue weighted by molar-refractivity contribution is 0.363. The summed E-state index contributed by atoms with van der Waals surface area (Å²) in [5.41, 5.74) is 8.92. The summed E-state index contributed by atoms with van der Waals surface area (Å²) >= 11 is 1.62. The molecule has 1 saturated heterocycles. The van der Waals surface area contributed by atoms with Gasteiger partial charge in [-0.2, -0.15) is 5.10 Å². The number of rotatable bonds is 3. The average molecular weight is 354 g/mol. The zero-order valence-electron chi connectivity index (χ0n) is 14.5. The molecule has 0 bridgehead atoms. The van der Waals surface area contributed by atoms with Gasteiger partial charge in [0.15, 0.2) is 10.7 Å². The van der Waals surface area contributed by atoms with Gasteiger partial charge in [0.25, 0.3) is 0 Å². The predicted octanol–water partition coefficient (Wildman–Crippen LogP) is 3.13. The monoisotopic (exact) mass is 354 g/mol. The van der Waals surface area contributed by atoms with E-state index in [0.29, 0.717) is 0 Å². The molecule has 0 radical (unpaired) electrons. The van der Waals surface area contributed by atoms with Gasteiger partial charge in [0.1, 0.15) is 11.3 Å². The molecule has 7 heteroatoms. The number of H-pyrrole nitrogens is 1. The van der Waals surface area contributed by atoms with Gasteiger partial charge in [0.2, 0.25) is 0 Å². The third-order valence-corrected chi connectivity index (χ3v) is 5.91. The molecule has 0 amide bonds. The van der Waals surface area contributed by atoms with Crippen molar-refractivity contribution < 1.29 is 0 Å². The van der Waals surface area contributed by atoms with Gasteiger partial charge in [-0.1, -0.05) is 30.0 Å². The number of aryl methyl sites for hydroxylation is 1. The molecular formula is C18H22N6S. The van der Waals surface area contributed by atoms with Crippen LogP contribution in [0, 0.1) is 6.92 Å². The molecule has 1 aliphatic rings. The van der Waals surface area contributed by atoms with Crippen molar-refractivity contribution >= 4 is 28.7 Å². The Balaban J connectivity index is 1.58. The molecule has 0 saturated carbocycles. The van der Waals surface area contributed by atoms with Gasteiger partial charge in [-0.25, -0.2) is 9.97 Å². The lowest BCUT2D eigenvalue weighted by atomic mass is 9.91. The van der Waals surface area contributed by atoms with Crippen molar-refractivity contribution in [3.05, 3.63) is 36.0 Å². The number of nitrogens with zero attached hydrogens (tertiary/aromatic N) is 4. The van der Waals surface area contributed by atoms with E-state index < -0.39 is 0 Å². The molecule has 2 aromatic heterocycles. The second kappa shape index (κ2) is 6.31. The van der Waals surface area contributed by atoms with Gasteiger partial charge < -0.3 is 10.6 Å². The minimum atomic E-state index is -0.0701. The normalized spacial score (nSPS) is 17.2. The van der Waals surface area contributed by atoms with Crippen LogP contribution in [-0.4, -0.2) is 38.8 Å². The van der Waals surface area contributed by atoms with Crippen LogP contribution < -0.4 is 10.6 Å². The molecule has 0 atom stereocenters. The van der Waals surface area contributed by atoms with Gasteiger partial charge >= 0.3 is 0 Å². The highest BCUT2D eigenvalue weighted by atomic mass is 32.2. The Bertz CT molecular complexity index is 893. The number of hydrogen-bond donors (Lipinski definition) is 2. The smallest absolute Gasteiger partial charge is 0.177 e. The highest BCUT2D eigenvalue weighted by Gasteiger charge is 2.27. The first-order valence-corrected chi connectivity index (χ1v) is 9.32. The molecule has 1 aliphatic heterocycles. The van der Waals surface area contributed by atoms with E-state index in [9.17, 15) is 0 Å². The summed E-state index contributed by atoms with van der Waals surface area (Å²) in [5, 5.41) is 8.30. The van der Waals surface area contributed by atoms with Crippen molar-refractivity contribution in [3.63, 3.8) is 0 Å². The standard InChI is InChI=1S/C18H22N6S/c1-12-5-3-4-6-13(12)25-17-15-16(22-23-17)21-14(11-20-15)24-9-7-18(2,19)8-10-24/h3-6,11H,7-10,19H2,1-2H3,(H,21,22,23). The summed E-state index contributed by atoms with van der Waals surface area (Å²) in [7, 11) is 0. The van der Waals surface area contributed by atoms with Crippen molar-refractivity contribution in [2.24, 2.45) is 5.73 Å². The number of nitrogens with two attached hydrogens (primary N) is 1. The molecule has 1 fully saturated rings. The van der Waals surface area contributed by atoms with E-state index in [0.717, 1.165) is 47.9 Å². The molecule has 0 spiro atoms. The summed E-state index contributed by atoms with van der Waals surface area (Å²) in [6.07, 6.45) is 3.77. The van der Waals surface area contributed by atoms with Gasteiger partial charge in [-0.3, -0.25) is 5.10 Å². The average Bonchev–Trinajstić information content (AvgIpc) is 2.99. The van der Waals surface area contributed by atoms with Crippen molar-refractivity contribution in [2.45, 2.75) is 42.1 Å². The van der Waals surface area contributed by atoms with Gasteiger partial charge in [-0.05, 0) is 38.3 Å². The van der Waals surface area contributed by atoms with Crippen LogP contribution >= 0.6 is 11.8 Å². The van der Waals surface area contributed by atoms with Crippen LogP contribution in [0.2, 0.25) is 0 Å². The predicted molar refractivity (Wildman–Crippen MR) is 101 cm³/mol. The number of aromatic nitrogens is 4. The zero-order valence-corrected chi connectivity index (χ0v) is 15.3. The molecule has 4 rings (SSSR count). The minimum absolute atomic E-state index is 0.0701. The molecule has 130 valence electrons. The molecule has 25 heavy (non-hydrogen) atoms. The Morgan fingerprint density at radius 3 is 2.76 bits per heavy atom. The molecule has 3 aromatic rings. The maximum Gasteiger partial charge on any atom is 0.177 e. The lowest BCUT2D eigenvalue weighted by Crippen LogP contribution is -2.48. The van der Waals surface area contributed by atoms with Crippen LogP contribution in [0.3, 0.4) is 0 Å². The summed E-state index contributed by atoms with van der Waals surface area (Å²) < 4.78 is 0. The van der Waals surface area contributed by atoms with E-state index in [1.165, 1.54) is 10.5 Å². The molecule has 3 N–H and O–H groups in total. The van der Waals surface area contributed by atoms with Crippen LogP contribution in [0.25, 0.3) is 11.2 Å². The first-order chi connectivity index (χ1) is 12.0. The molecule has 0 aliphatic carbocycles. The fourth-order valence-electron chi connectivity index (χ4n) is 3.02. The lowest BCUT2D eigenvalue weighted by Gasteiger charge is -2.37. The second-order valence-electron chi connectivity index (χ2n) is 6.96. The van der Waals surface area contributed by atoms with Crippen LogP contribution in [0.15, 0.2) is 40.4 Å². The largest absolute Gasteiger partial charge is 0.355 e. The van der Waals surface area contributed by atoms with Crippen LogP contribution in [0.1, 0.15) is 25.3 Å². The van der Waals surface area contributed by atoms with Crippen molar-refractivity contribution in [2.75, 3.05) is 18.0 Å². The quantitative estimate of drug-likeness (QED) is 0.752. The van der Waals surface area contributed by atoms with E-state index in [4.69, 9.17) is 10.7 Å². The number of fused-ring (bicyclic) bond motifs is 1. The SMILES string of the molecule is Cc1ccccc1Sc1n[nH]c2nc(N3CCC(C)(N)CC3)cnc12. The van der Waals surface area contributed by atoms with E-state index >= 15 is 0 Å². The minimum Gasteiger partial charge on any atom is -0.355 e. The highest BCUT2D eigenvalue weighted by Crippen LogP contribution is 2.33. The first kappa shape index (κ1) is 16.4. The van der Waals surface area contributed by atoms with E-state index in [1.807, 2.05) is 18.3 Å². The number of nitrogens with one attached hydrogen (secondary N) is 1. The van der Waals surface area contributed by atoms with Gasteiger partial charge in [0.05, 0.1) is 6.20 Å². The Hall–Kier alpha value is -2.12. The third-order valence-electron chi connectivity index (χ3n) is 4.76. The van der Waals surface area contributed by atoms with Crippen molar-refractivity contribution in [1.29, 1.82) is 0 Å². The highest BCUT2D eigenvalue weighted by molar-refractivity contribution is 7.99. The summed E-state index contributed by atoms with van der Waals surface area (Å²) in [6, 6.07) is 8.27. The Labute approximate surface area is 151 Å². The Morgan fingerprint density at radius 1 is 1.24 bits per heavy atom. The van der Waals surface area contributed by atoms with Gasteiger partial charge in [0, 0.05) is 23.5 Å². The summed E-state index contributed by atoms with van der Waals surface area (Å²) in [4.78, 5) is 12.8. The summed E-state index contributed by atoms with van der Waals surface area (Å²) in [6.45, 7) is 6.03. The van der Waals surface area contributed by atoms with Crippen LogP contribution in [0.4, 0.5) is 5.82 Å². The molecule has 6 nitrogen and oxygen atoms in total. The van der Waals surface area contributed by atoms with Crippen LogP contribution in [-0.2, 0) is 0 Å². The number of aromatic amines is 1. The Morgan fingerprint density at radius 2 is 2.00 bits per heavy atom. The van der Waals surface area contributed by atoms with Crippen LogP contribution in [0.5, 0.6) is 0 Å². The van der Waals surface area contributed by atoms with E-state index in [-0.39, 0.29) is 5.54 Å². The van der Waals surface area contributed by atoms with E-state index in [2.05, 4.69) is 46.1 Å². The molecule has 1 aromatic carbocycles. The fraction of sp³-hybridized carbons (Fsp3) is 0.389.